The lowest BCUT2D eigenvalue weighted by atomic mass is 9.85. The smallest absolute Gasteiger partial charge is 0.138 e. The lowest BCUT2D eigenvalue weighted by Crippen LogP contribution is -1.90. The fourth-order valence-corrected chi connectivity index (χ4v) is 9.07. The number of hydrogen-bond donors (Lipinski definition) is 0. The Balaban J connectivity index is 1.27. The quantitative estimate of drug-likeness (QED) is 0.170. The summed E-state index contributed by atoms with van der Waals surface area (Å²) < 4.78 is 18.2. The molecule has 0 spiro atoms. The number of benzene rings is 9. The maximum absolute atomic E-state index is 15.7. The van der Waals surface area contributed by atoms with Gasteiger partial charge in [0.15, 0.2) is 0 Å². The lowest BCUT2D eigenvalue weighted by molar-refractivity contribution is 0.651. The van der Waals surface area contributed by atoms with Crippen molar-refractivity contribution in [2.24, 2.45) is 0 Å². The van der Waals surface area contributed by atoms with E-state index in [1.54, 1.807) is 0 Å². The van der Waals surface area contributed by atoms with E-state index in [0.717, 1.165) is 21.9 Å². The van der Waals surface area contributed by atoms with Crippen molar-refractivity contribution in [3.8, 4) is 33.4 Å². The zero-order valence-electron chi connectivity index (χ0n) is 25.9. The standard InChI is InChI=1S/C46H27FS/c47-45-36-21-10-8-19-34(36)43(35-20-9-11-22-37(35)45)29-25-26-41-40(27-29)38-23-12-24-39(46(38)48-41)44-32-17-6-4-15-30(32)42(28-13-2-1-3-14-28)31-16-5-7-18-33(31)44/h1-27H. The third-order valence-electron chi connectivity index (χ3n) is 9.91. The van der Waals surface area contributed by atoms with E-state index in [-0.39, 0.29) is 5.82 Å². The van der Waals surface area contributed by atoms with Gasteiger partial charge < -0.3 is 0 Å². The fraction of sp³-hybridized carbons (Fsp3) is 0. The van der Waals surface area contributed by atoms with Crippen molar-refractivity contribution >= 4 is 74.6 Å². The Morgan fingerprint density at radius 1 is 0.333 bits per heavy atom. The summed E-state index contributed by atoms with van der Waals surface area (Å²) in [5.41, 5.74) is 7.20. The molecule has 0 radical (unpaired) electrons. The summed E-state index contributed by atoms with van der Waals surface area (Å²) >= 11 is 1.85. The second kappa shape index (κ2) is 10.6. The first-order chi connectivity index (χ1) is 23.8. The maximum Gasteiger partial charge on any atom is 0.138 e. The van der Waals surface area contributed by atoms with Crippen LogP contribution < -0.4 is 0 Å². The van der Waals surface area contributed by atoms with Crippen molar-refractivity contribution in [3.05, 3.63) is 170 Å². The first kappa shape index (κ1) is 27.3. The molecule has 9 aromatic carbocycles. The van der Waals surface area contributed by atoms with Crippen molar-refractivity contribution < 1.29 is 4.39 Å². The van der Waals surface area contributed by atoms with E-state index < -0.39 is 0 Å². The zero-order valence-corrected chi connectivity index (χ0v) is 26.7. The Kier molecular flexibility index (Phi) is 6.03. The van der Waals surface area contributed by atoms with Crippen LogP contribution in [0.25, 0.3) is 96.6 Å². The van der Waals surface area contributed by atoms with Crippen molar-refractivity contribution in [3.63, 3.8) is 0 Å². The van der Waals surface area contributed by atoms with Gasteiger partial charge in [0.25, 0.3) is 0 Å². The molecule has 48 heavy (non-hydrogen) atoms. The van der Waals surface area contributed by atoms with Gasteiger partial charge in [0, 0.05) is 36.5 Å². The second-order valence-electron chi connectivity index (χ2n) is 12.5. The number of fused-ring (bicyclic) bond motifs is 7. The van der Waals surface area contributed by atoms with E-state index >= 15 is 4.39 Å². The minimum atomic E-state index is -0.158. The molecular weight excluding hydrogens is 604 g/mol. The molecular formula is C46H27FS. The molecule has 0 fully saturated rings. The molecule has 1 heterocycles. The molecule has 0 aliphatic heterocycles. The van der Waals surface area contributed by atoms with Crippen LogP contribution in [-0.2, 0) is 0 Å². The van der Waals surface area contributed by atoms with E-state index in [4.69, 9.17) is 0 Å². The summed E-state index contributed by atoms with van der Waals surface area (Å²) in [7, 11) is 0. The fourth-order valence-electron chi connectivity index (χ4n) is 7.87. The van der Waals surface area contributed by atoms with E-state index in [2.05, 4.69) is 115 Å². The van der Waals surface area contributed by atoms with Crippen LogP contribution in [0.1, 0.15) is 0 Å². The molecule has 0 nitrogen and oxygen atoms in total. The normalized spacial score (nSPS) is 11.9. The van der Waals surface area contributed by atoms with Crippen LogP contribution >= 0.6 is 11.3 Å². The summed E-state index contributed by atoms with van der Waals surface area (Å²) in [6, 6.07) is 57.7. The predicted molar refractivity (Wildman–Crippen MR) is 206 cm³/mol. The van der Waals surface area contributed by atoms with Gasteiger partial charge in [-0.25, -0.2) is 4.39 Å². The molecule has 0 aliphatic rings. The Morgan fingerprint density at radius 3 is 1.38 bits per heavy atom. The van der Waals surface area contributed by atoms with E-state index in [0.29, 0.717) is 10.8 Å². The molecule has 0 saturated heterocycles. The Labute approximate surface area is 280 Å². The van der Waals surface area contributed by atoms with Crippen molar-refractivity contribution in [2.45, 2.75) is 0 Å². The molecule has 0 atom stereocenters. The third-order valence-corrected chi connectivity index (χ3v) is 11.1. The summed E-state index contributed by atoms with van der Waals surface area (Å²) in [4.78, 5) is 0. The first-order valence-electron chi connectivity index (χ1n) is 16.3. The van der Waals surface area contributed by atoms with Crippen LogP contribution in [0.15, 0.2) is 164 Å². The molecule has 1 aromatic heterocycles. The second-order valence-corrected chi connectivity index (χ2v) is 13.5. The topological polar surface area (TPSA) is 0 Å². The zero-order chi connectivity index (χ0) is 31.8. The van der Waals surface area contributed by atoms with Crippen LogP contribution in [0.4, 0.5) is 4.39 Å². The predicted octanol–water partition coefficient (Wildman–Crippen LogP) is 13.8. The first-order valence-corrected chi connectivity index (χ1v) is 17.1. The molecule has 0 amide bonds. The minimum absolute atomic E-state index is 0.158. The molecule has 0 saturated carbocycles. The van der Waals surface area contributed by atoms with Gasteiger partial charge in [0.2, 0.25) is 0 Å². The van der Waals surface area contributed by atoms with Gasteiger partial charge >= 0.3 is 0 Å². The van der Waals surface area contributed by atoms with Gasteiger partial charge in [0.05, 0.1) is 0 Å². The Hall–Kier alpha value is -5.83. The SMILES string of the molecule is Fc1c2ccccc2c(-c2ccc3sc4c(-c5c6ccccc6c(-c6ccccc6)c6ccccc56)cccc4c3c2)c2ccccc12. The number of thiophene rings is 1. The highest BCUT2D eigenvalue weighted by Gasteiger charge is 2.20. The van der Waals surface area contributed by atoms with E-state index in [1.165, 1.54) is 64.0 Å². The average Bonchev–Trinajstić information content (AvgIpc) is 3.53. The van der Waals surface area contributed by atoms with Gasteiger partial charge in [-0.1, -0.05) is 152 Å². The summed E-state index contributed by atoms with van der Waals surface area (Å²) in [6.45, 7) is 0. The maximum atomic E-state index is 15.7. The molecule has 0 unspecified atom stereocenters. The molecule has 2 heteroatoms. The van der Waals surface area contributed by atoms with Crippen LogP contribution in [0, 0.1) is 5.82 Å². The molecule has 0 bridgehead atoms. The van der Waals surface area contributed by atoms with E-state index in [1.807, 2.05) is 59.9 Å². The van der Waals surface area contributed by atoms with Gasteiger partial charge in [0.1, 0.15) is 5.82 Å². The molecule has 0 aliphatic carbocycles. The van der Waals surface area contributed by atoms with Gasteiger partial charge in [-0.2, -0.15) is 0 Å². The highest BCUT2D eigenvalue weighted by atomic mass is 32.1. The molecule has 10 aromatic rings. The van der Waals surface area contributed by atoms with Crippen LogP contribution in [0.2, 0.25) is 0 Å². The van der Waals surface area contributed by atoms with Gasteiger partial charge in [-0.05, 0) is 72.3 Å². The van der Waals surface area contributed by atoms with Gasteiger partial charge in [-0.3, -0.25) is 0 Å². The van der Waals surface area contributed by atoms with Crippen molar-refractivity contribution in [1.82, 2.24) is 0 Å². The number of hydrogen-bond acceptors (Lipinski definition) is 1. The third kappa shape index (κ3) is 3.93. The molecule has 10 rings (SSSR count). The molecule has 0 N–H and O–H groups in total. The van der Waals surface area contributed by atoms with E-state index in [9.17, 15) is 0 Å². The van der Waals surface area contributed by atoms with Gasteiger partial charge in [-0.15, -0.1) is 11.3 Å². The van der Waals surface area contributed by atoms with Crippen molar-refractivity contribution in [2.75, 3.05) is 0 Å². The largest absolute Gasteiger partial charge is 0.206 e. The van der Waals surface area contributed by atoms with Crippen LogP contribution in [-0.4, -0.2) is 0 Å². The Bertz CT molecular complexity index is 2780. The number of halogens is 1. The number of rotatable bonds is 3. The molecule has 224 valence electrons. The van der Waals surface area contributed by atoms with Crippen LogP contribution in [0.3, 0.4) is 0 Å². The minimum Gasteiger partial charge on any atom is -0.206 e. The highest BCUT2D eigenvalue weighted by molar-refractivity contribution is 7.26. The monoisotopic (exact) mass is 630 g/mol. The highest BCUT2D eigenvalue weighted by Crippen LogP contribution is 2.48. The average molecular weight is 631 g/mol. The lowest BCUT2D eigenvalue weighted by Gasteiger charge is -2.18. The van der Waals surface area contributed by atoms with Crippen molar-refractivity contribution in [1.29, 1.82) is 0 Å². The summed E-state index contributed by atoms with van der Waals surface area (Å²) in [5, 5.41) is 10.7. The summed E-state index contributed by atoms with van der Waals surface area (Å²) in [5.74, 6) is -0.158. The Morgan fingerprint density at radius 2 is 0.792 bits per heavy atom. The summed E-state index contributed by atoms with van der Waals surface area (Å²) in [6.07, 6.45) is 0. The van der Waals surface area contributed by atoms with Crippen LogP contribution in [0.5, 0.6) is 0 Å².